The van der Waals surface area contributed by atoms with Crippen LogP contribution in [-0.2, 0) is 6.54 Å². The zero-order valence-corrected chi connectivity index (χ0v) is 17.4. The van der Waals surface area contributed by atoms with Crippen LogP contribution in [0.25, 0.3) is 0 Å². The van der Waals surface area contributed by atoms with E-state index in [4.69, 9.17) is 14.5 Å². The molecule has 1 aromatic carbocycles. The van der Waals surface area contributed by atoms with E-state index < -0.39 is 0 Å². The van der Waals surface area contributed by atoms with E-state index >= 15 is 0 Å². The number of para-hydroxylation sites is 1. The number of anilines is 2. The third kappa shape index (κ3) is 4.72. The zero-order chi connectivity index (χ0) is 20.1. The molecule has 7 heteroatoms. The van der Waals surface area contributed by atoms with E-state index in [1.165, 1.54) is 25.7 Å². The molecule has 0 atom stereocenters. The van der Waals surface area contributed by atoms with Gasteiger partial charge in [0.15, 0.2) is 11.5 Å². The molecule has 7 nitrogen and oxygen atoms in total. The molecule has 1 N–H and O–H groups in total. The lowest BCUT2D eigenvalue weighted by Crippen LogP contribution is -2.54. The Bertz CT molecular complexity index is 802. The number of benzene rings is 1. The molecule has 4 rings (SSSR count). The van der Waals surface area contributed by atoms with Gasteiger partial charge in [-0.05, 0) is 25.0 Å². The van der Waals surface area contributed by atoms with Crippen molar-refractivity contribution in [3.05, 3.63) is 36.0 Å². The molecule has 0 aliphatic carbocycles. The van der Waals surface area contributed by atoms with Gasteiger partial charge >= 0.3 is 0 Å². The quantitative estimate of drug-likeness (QED) is 0.770. The molecular formula is C22H31N5O2. The number of nitrogens with zero attached hydrogens (tertiary/aromatic N) is 4. The van der Waals surface area contributed by atoms with E-state index in [0.717, 1.165) is 61.6 Å². The minimum Gasteiger partial charge on any atom is -0.493 e. The second kappa shape index (κ2) is 9.31. The van der Waals surface area contributed by atoms with Crippen molar-refractivity contribution < 1.29 is 9.47 Å². The van der Waals surface area contributed by atoms with E-state index in [2.05, 4.69) is 26.2 Å². The molecule has 156 valence electrons. The number of rotatable bonds is 7. The Labute approximate surface area is 173 Å². The minimum atomic E-state index is 0.367. The fraction of sp³-hybridized carbons (Fsp3) is 0.545. The summed E-state index contributed by atoms with van der Waals surface area (Å²) in [4.78, 5) is 14.0. The first-order valence-electron chi connectivity index (χ1n) is 10.5. The second-order valence-corrected chi connectivity index (χ2v) is 7.83. The number of likely N-dealkylation sites (tertiary alicyclic amines) is 1. The molecule has 0 amide bonds. The van der Waals surface area contributed by atoms with Gasteiger partial charge in [0, 0.05) is 44.5 Å². The Hall–Kier alpha value is -2.54. The molecule has 2 aromatic rings. The zero-order valence-electron chi connectivity index (χ0n) is 17.4. The molecule has 0 unspecified atom stereocenters. The van der Waals surface area contributed by atoms with Crippen LogP contribution in [-0.4, -0.2) is 61.3 Å². The number of ether oxygens (including phenoxy) is 2. The lowest BCUT2D eigenvalue weighted by Gasteiger charge is -2.39. The number of hydrogen-bond donors (Lipinski definition) is 1. The molecule has 3 heterocycles. The highest BCUT2D eigenvalue weighted by molar-refractivity contribution is 5.47. The third-order valence-electron chi connectivity index (χ3n) is 5.74. The number of methoxy groups -OCH3 is 2. The van der Waals surface area contributed by atoms with Gasteiger partial charge in [-0.25, -0.2) is 4.98 Å². The molecule has 1 aromatic heterocycles. The van der Waals surface area contributed by atoms with Gasteiger partial charge in [-0.2, -0.15) is 4.98 Å². The standard InChI is InChI=1S/C22H31N5O2/c1-28-19-9-7-8-17(21(19)29-2)14-26-15-18(16-26)24-22-23-11-10-20(25-22)27-12-5-3-4-6-13-27/h7-11,18H,3-6,12-16H2,1-2H3,(H,23,24,25). The van der Waals surface area contributed by atoms with Crippen LogP contribution in [0, 0.1) is 0 Å². The van der Waals surface area contributed by atoms with E-state index in [-0.39, 0.29) is 0 Å². The number of aromatic nitrogens is 2. The van der Waals surface area contributed by atoms with Crippen LogP contribution in [0.2, 0.25) is 0 Å². The van der Waals surface area contributed by atoms with Crippen molar-refractivity contribution >= 4 is 11.8 Å². The first-order valence-corrected chi connectivity index (χ1v) is 10.5. The highest BCUT2D eigenvalue weighted by Crippen LogP contribution is 2.32. The fourth-order valence-electron chi connectivity index (χ4n) is 4.19. The average molecular weight is 398 g/mol. The Balaban J connectivity index is 1.32. The molecular weight excluding hydrogens is 366 g/mol. The first-order chi connectivity index (χ1) is 14.3. The highest BCUT2D eigenvalue weighted by atomic mass is 16.5. The molecule has 2 aliphatic heterocycles. The number of hydrogen-bond acceptors (Lipinski definition) is 7. The summed E-state index contributed by atoms with van der Waals surface area (Å²) in [6.07, 6.45) is 7.01. The van der Waals surface area contributed by atoms with Gasteiger partial charge in [0.25, 0.3) is 0 Å². The normalized spacial score (nSPS) is 18.1. The highest BCUT2D eigenvalue weighted by Gasteiger charge is 2.28. The minimum absolute atomic E-state index is 0.367. The first kappa shape index (κ1) is 19.8. The molecule has 0 radical (unpaired) electrons. The van der Waals surface area contributed by atoms with Crippen LogP contribution in [0.3, 0.4) is 0 Å². The summed E-state index contributed by atoms with van der Waals surface area (Å²) < 4.78 is 10.9. The molecule has 2 saturated heterocycles. The predicted molar refractivity (Wildman–Crippen MR) is 115 cm³/mol. The van der Waals surface area contributed by atoms with Crippen molar-refractivity contribution in [1.82, 2.24) is 14.9 Å². The summed E-state index contributed by atoms with van der Waals surface area (Å²) in [6, 6.07) is 8.42. The molecule has 29 heavy (non-hydrogen) atoms. The van der Waals surface area contributed by atoms with Gasteiger partial charge in [0.05, 0.1) is 20.3 Å². The van der Waals surface area contributed by atoms with Crippen molar-refractivity contribution in [2.24, 2.45) is 0 Å². The topological polar surface area (TPSA) is 62.8 Å². The van der Waals surface area contributed by atoms with Crippen molar-refractivity contribution in [3.8, 4) is 11.5 Å². The van der Waals surface area contributed by atoms with Gasteiger partial charge in [-0.15, -0.1) is 0 Å². The second-order valence-electron chi connectivity index (χ2n) is 7.83. The molecule has 2 aliphatic rings. The van der Waals surface area contributed by atoms with Crippen LogP contribution < -0.4 is 19.7 Å². The summed E-state index contributed by atoms with van der Waals surface area (Å²) in [5, 5.41) is 3.49. The maximum atomic E-state index is 5.55. The van der Waals surface area contributed by atoms with Crippen LogP contribution in [0.4, 0.5) is 11.8 Å². The van der Waals surface area contributed by atoms with E-state index in [1.54, 1.807) is 14.2 Å². The predicted octanol–water partition coefficient (Wildman–Crippen LogP) is 3.17. The lowest BCUT2D eigenvalue weighted by molar-refractivity contribution is 0.151. The van der Waals surface area contributed by atoms with Gasteiger partial charge in [-0.1, -0.05) is 25.0 Å². The van der Waals surface area contributed by atoms with Crippen molar-refractivity contribution in [3.63, 3.8) is 0 Å². The summed E-state index contributed by atoms with van der Waals surface area (Å²) >= 11 is 0. The van der Waals surface area contributed by atoms with E-state index in [9.17, 15) is 0 Å². The average Bonchev–Trinajstić information content (AvgIpc) is 3.01. The van der Waals surface area contributed by atoms with Crippen molar-refractivity contribution in [2.45, 2.75) is 38.3 Å². The van der Waals surface area contributed by atoms with Crippen LogP contribution >= 0.6 is 0 Å². The van der Waals surface area contributed by atoms with Crippen molar-refractivity contribution in [2.75, 3.05) is 50.6 Å². The van der Waals surface area contributed by atoms with Crippen LogP contribution in [0.1, 0.15) is 31.2 Å². The Morgan fingerprint density at radius 3 is 2.55 bits per heavy atom. The van der Waals surface area contributed by atoms with Gasteiger partial charge in [0.2, 0.25) is 5.95 Å². The van der Waals surface area contributed by atoms with E-state index in [0.29, 0.717) is 6.04 Å². The smallest absolute Gasteiger partial charge is 0.224 e. The Kier molecular flexibility index (Phi) is 6.34. The SMILES string of the molecule is COc1cccc(CN2CC(Nc3nccc(N4CCCCCC4)n3)C2)c1OC. The van der Waals surface area contributed by atoms with Gasteiger partial charge in [-0.3, -0.25) is 4.90 Å². The summed E-state index contributed by atoms with van der Waals surface area (Å²) in [5.41, 5.74) is 1.14. The molecule has 2 fully saturated rings. The van der Waals surface area contributed by atoms with Gasteiger partial charge < -0.3 is 19.7 Å². The third-order valence-corrected chi connectivity index (χ3v) is 5.74. The Morgan fingerprint density at radius 2 is 1.83 bits per heavy atom. The number of nitrogens with one attached hydrogen (secondary N) is 1. The summed E-state index contributed by atoms with van der Waals surface area (Å²) in [7, 11) is 3.36. The maximum Gasteiger partial charge on any atom is 0.224 e. The molecule has 0 saturated carbocycles. The molecule has 0 bridgehead atoms. The van der Waals surface area contributed by atoms with Gasteiger partial charge in [0.1, 0.15) is 5.82 Å². The lowest BCUT2D eigenvalue weighted by atomic mass is 10.1. The van der Waals surface area contributed by atoms with E-state index in [1.807, 2.05) is 24.4 Å². The summed E-state index contributed by atoms with van der Waals surface area (Å²) in [5.74, 6) is 3.37. The fourth-order valence-corrected chi connectivity index (χ4v) is 4.19. The largest absolute Gasteiger partial charge is 0.493 e. The van der Waals surface area contributed by atoms with Crippen molar-refractivity contribution in [1.29, 1.82) is 0 Å². The van der Waals surface area contributed by atoms with Crippen LogP contribution in [0.15, 0.2) is 30.5 Å². The summed E-state index contributed by atoms with van der Waals surface area (Å²) in [6.45, 7) is 4.94. The van der Waals surface area contributed by atoms with Crippen LogP contribution in [0.5, 0.6) is 11.5 Å². The molecule has 0 spiro atoms. The maximum absolute atomic E-state index is 5.55. The monoisotopic (exact) mass is 397 g/mol. The Morgan fingerprint density at radius 1 is 1.03 bits per heavy atom.